The van der Waals surface area contributed by atoms with Gasteiger partial charge < -0.3 is 10.3 Å². The first-order chi connectivity index (χ1) is 12.5. The molecule has 0 amide bonds. The van der Waals surface area contributed by atoms with Gasteiger partial charge in [-0.15, -0.1) is 0 Å². The highest BCUT2D eigenvalue weighted by molar-refractivity contribution is 8.22. The number of aromatic amines is 1. The second-order valence-corrected chi connectivity index (χ2v) is 7.04. The van der Waals surface area contributed by atoms with Crippen LogP contribution in [0.4, 0.5) is 5.69 Å². The van der Waals surface area contributed by atoms with Gasteiger partial charge in [-0.25, -0.2) is 4.98 Å². The van der Waals surface area contributed by atoms with Crippen molar-refractivity contribution in [2.75, 3.05) is 0 Å². The molecule has 0 fully saturated rings. The van der Waals surface area contributed by atoms with E-state index < -0.39 is 4.92 Å². The number of non-ortho nitro benzene ring substituents is 1. The number of hydrogen-bond donors (Lipinski definition) is 2. The Hall–Kier alpha value is -2.78. The Morgan fingerprint density at radius 1 is 1.23 bits per heavy atom. The van der Waals surface area contributed by atoms with E-state index in [0.29, 0.717) is 33.3 Å². The number of para-hydroxylation sites is 1. The molecule has 9 heteroatoms. The zero-order chi connectivity index (χ0) is 18.5. The Balaban J connectivity index is 1.55. The van der Waals surface area contributed by atoms with Crippen molar-refractivity contribution in [3.63, 3.8) is 0 Å². The van der Waals surface area contributed by atoms with Gasteiger partial charge in [0.25, 0.3) is 11.2 Å². The molecule has 2 aromatic carbocycles. The minimum absolute atomic E-state index is 0.0528. The van der Waals surface area contributed by atoms with E-state index in [1.165, 1.54) is 23.9 Å². The number of benzene rings is 2. The Labute approximate surface area is 158 Å². The molecule has 1 aromatic heterocycles. The third-order valence-electron chi connectivity index (χ3n) is 3.59. The molecular formula is C17H14N4O3S2. The molecule has 3 aromatic rings. The van der Waals surface area contributed by atoms with Gasteiger partial charge in [0.2, 0.25) is 0 Å². The van der Waals surface area contributed by atoms with Crippen molar-refractivity contribution in [1.29, 1.82) is 0 Å². The molecule has 2 N–H and O–H groups in total. The van der Waals surface area contributed by atoms with Crippen molar-refractivity contribution in [3.05, 3.63) is 80.4 Å². The van der Waals surface area contributed by atoms with Gasteiger partial charge in [0.15, 0.2) is 0 Å². The SMILES string of the molecule is O=c1[nH]c(CSC(=S)NCc2ccc([N+](=O)[O-])cc2)nc2ccccc12. The van der Waals surface area contributed by atoms with Gasteiger partial charge in [-0.2, -0.15) is 0 Å². The van der Waals surface area contributed by atoms with Gasteiger partial charge in [0.05, 0.1) is 21.6 Å². The van der Waals surface area contributed by atoms with E-state index >= 15 is 0 Å². The summed E-state index contributed by atoms with van der Waals surface area (Å²) in [4.78, 5) is 29.4. The van der Waals surface area contributed by atoms with Crippen LogP contribution >= 0.6 is 24.0 Å². The molecular weight excluding hydrogens is 372 g/mol. The van der Waals surface area contributed by atoms with Gasteiger partial charge >= 0.3 is 0 Å². The fourth-order valence-electron chi connectivity index (χ4n) is 2.30. The van der Waals surface area contributed by atoms with Crippen LogP contribution in [-0.4, -0.2) is 19.2 Å². The number of rotatable bonds is 5. The van der Waals surface area contributed by atoms with Crippen LogP contribution in [0, 0.1) is 10.1 Å². The van der Waals surface area contributed by atoms with Crippen molar-refractivity contribution in [1.82, 2.24) is 15.3 Å². The minimum Gasteiger partial charge on any atom is -0.367 e. The third-order valence-corrected chi connectivity index (χ3v) is 4.91. The number of nitro groups is 1. The molecule has 0 saturated carbocycles. The summed E-state index contributed by atoms with van der Waals surface area (Å²) in [6.45, 7) is 0.464. The predicted molar refractivity (Wildman–Crippen MR) is 106 cm³/mol. The molecule has 26 heavy (non-hydrogen) atoms. The van der Waals surface area contributed by atoms with E-state index in [0.717, 1.165) is 5.56 Å². The number of H-pyrrole nitrogens is 1. The smallest absolute Gasteiger partial charge is 0.269 e. The third kappa shape index (κ3) is 4.44. The van der Waals surface area contributed by atoms with Crippen molar-refractivity contribution in [2.45, 2.75) is 12.3 Å². The van der Waals surface area contributed by atoms with E-state index in [4.69, 9.17) is 12.2 Å². The highest BCUT2D eigenvalue weighted by Gasteiger charge is 2.07. The molecule has 0 radical (unpaired) electrons. The van der Waals surface area contributed by atoms with Crippen LogP contribution in [0.15, 0.2) is 53.3 Å². The quantitative estimate of drug-likeness (QED) is 0.395. The molecule has 0 atom stereocenters. The molecule has 0 aliphatic rings. The van der Waals surface area contributed by atoms with Crippen LogP contribution in [0.1, 0.15) is 11.4 Å². The van der Waals surface area contributed by atoms with Crippen molar-refractivity contribution >= 4 is 44.9 Å². The average molecular weight is 386 g/mol. The lowest BCUT2D eigenvalue weighted by Crippen LogP contribution is -2.18. The van der Waals surface area contributed by atoms with Crippen LogP contribution in [-0.2, 0) is 12.3 Å². The number of thiocarbonyl (C=S) groups is 1. The lowest BCUT2D eigenvalue weighted by atomic mass is 10.2. The Morgan fingerprint density at radius 2 is 1.96 bits per heavy atom. The number of thioether (sulfide) groups is 1. The molecule has 0 aliphatic heterocycles. The summed E-state index contributed by atoms with van der Waals surface area (Å²) in [6, 6.07) is 13.4. The largest absolute Gasteiger partial charge is 0.367 e. The summed E-state index contributed by atoms with van der Waals surface area (Å²) in [6.07, 6.45) is 0. The standard InChI is InChI=1S/C17H14N4O3S2/c22-16-13-3-1-2-4-14(13)19-15(20-16)10-26-17(25)18-9-11-5-7-12(8-6-11)21(23)24/h1-8H,9-10H2,(H,18,25)(H,19,20,22). The molecule has 0 spiro atoms. The number of nitro benzene ring substituents is 1. The van der Waals surface area contributed by atoms with Crippen LogP contribution < -0.4 is 10.9 Å². The van der Waals surface area contributed by atoms with Crippen molar-refractivity contribution < 1.29 is 4.92 Å². The summed E-state index contributed by atoms with van der Waals surface area (Å²) in [7, 11) is 0. The predicted octanol–water partition coefficient (Wildman–Crippen LogP) is 3.14. The summed E-state index contributed by atoms with van der Waals surface area (Å²) in [5, 5.41) is 14.3. The zero-order valence-electron chi connectivity index (χ0n) is 13.5. The molecule has 1 heterocycles. The van der Waals surface area contributed by atoms with Gasteiger partial charge in [-0.3, -0.25) is 14.9 Å². The number of fused-ring (bicyclic) bond motifs is 1. The van der Waals surface area contributed by atoms with E-state index in [-0.39, 0.29) is 11.2 Å². The Bertz CT molecular complexity index is 1020. The minimum atomic E-state index is -0.435. The zero-order valence-corrected chi connectivity index (χ0v) is 15.1. The number of nitrogens with one attached hydrogen (secondary N) is 2. The number of aromatic nitrogens is 2. The van der Waals surface area contributed by atoms with Crippen LogP contribution in [0.25, 0.3) is 10.9 Å². The fraction of sp³-hybridized carbons (Fsp3) is 0.118. The molecule has 0 bridgehead atoms. The number of hydrogen-bond acceptors (Lipinski definition) is 6. The average Bonchev–Trinajstić information content (AvgIpc) is 2.65. The first-order valence-electron chi connectivity index (χ1n) is 7.65. The highest BCUT2D eigenvalue weighted by Crippen LogP contribution is 2.14. The first-order valence-corrected chi connectivity index (χ1v) is 9.04. The highest BCUT2D eigenvalue weighted by atomic mass is 32.2. The van der Waals surface area contributed by atoms with Crippen LogP contribution in [0.3, 0.4) is 0 Å². The summed E-state index contributed by atoms with van der Waals surface area (Å²) < 4.78 is 0.555. The lowest BCUT2D eigenvalue weighted by molar-refractivity contribution is -0.384. The lowest BCUT2D eigenvalue weighted by Gasteiger charge is -2.08. The molecule has 0 saturated heterocycles. The van der Waals surface area contributed by atoms with E-state index in [1.807, 2.05) is 6.07 Å². The van der Waals surface area contributed by atoms with E-state index in [9.17, 15) is 14.9 Å². The van der Waals surface area contributed by atoms with E-state index in [1.54, 1.807) is 30.3 Å². The summed E-state index contributed by atoms with van der Waals surface area (Å²) in [5.74, 6) is 0.991. The van der Waals surface area contributed by atoms with Gasteiger partial charge in [-0.05, 0) is 17.7 Å². The maximum atomic E-state index is 12.0. The second-order valence-electron chi connectivity index (χ2n) is 5.38. The van der Waals surface area contributed by atoms with Gasteiger partial charge in [0.1, 0.15) is 10.1 Å². The topological polar surface area (TPSA) is 101 Å². The normalized spacial score (nSPS) is 10.6. The van der Waals surface area contributed by atoms with Crippen LogP contribution in [0.2, 0.25) is 0 Å². The summed E-state index contributed by atoms with van der Waals surface area (Å²) >= 11 is 6.63. The number of nitrogens with zero attached hydrogens (tertiary/aromatic N) is 2. The molecule has 7 nitrogen and oxygen atoms in total. The van der Waals surface area contributed by atoms with Crippen LogP contribution in [0.5, 0.6) is 0 Å². The second kappa shape index (κ2) is 8.07. The first kappa shape index (κ1) is 18.0. The molecule has 0 aliphatic carbocycles. The fourth-order valence-corrected chi connectivity index (χ4v) is 3.13. The maximum Gasteiger partial charge on any atom is 0.269 e. The van der Waals surface area contributed by atoms with Crippen molar-refractivity contribution in [3.8, 4) is 0 Å². The Morgan fingerprint density at radius 3 is 2.69 bits per heavy atom. The van der Waals surface area contributed by atoms with Gasteiger partial charge in [-0.1, -0.05) is 48.2 Å². The molecule has 0 unspecified atom stereocenters. The monoisotopic (exact) mass is 386 g/mol. The van der Waals surface area contributed by atoms with E-state index in [2.05, 4.69) is 15.3 Å². The maximum absolute atomic E-state index is 12.0. The molecule has 132 valence electrons. The van der Waals surface area contributed by atoms with Gasteiger partial charge in [0, 0.05) is 18.7 Å². The summed E-state index contributed by atoms with van der Waals surface area (Å²) in [5.41, 5.74) is 1.42. The van der Waals surface area contributed by atoms with Crippen molar-refractivity contribution in [2.24, 2.45) is 0 Å². The Kier molecular flexibility index (Phi) is 5.59. The molecule has 3 rings (SSSR count).